The number of benzene rings is 1. The fourth-order valence-corrected chi connectivity index (χ4v) is 3.95. The molecule has 2 amide bonds. The molecule has 0 aliphatic carbocycles. The fourth-order valence-electron chi connectivity index (χ4n) is 3.95. The van der Waals surface area contributed by atoms with Crippen molar-refractivity contribution in [1.29, 1.82) is 0 Å². The van der Waals surface area contributed by atoms with Gasteiger partial charge in [0.05, 0.1) is 19.3 Å². The molecule has 1 saturated heterocycles. The second kappa shape index (κ2) is 9.89. The van der Waals surface area contributed by atoms with E-state index in [0.717, 1.165) is 38.9 Å². The summed E-state index contributed by atoms with van der Waals surface area (Å²) in [5.74, 6) is -1.13. The molecule has 1 atom stereocenters. The van der Waals surface area contributed by atoms with Crippen LogP contribution in [0.1, 0.15) is 36.9 Å². The predicted molar refractivity (Wildman–Crippen MR) is 109 cm³/mol. The van der Waals surface area contributed by atoms with E-state index in [2.05, 4.69) is 45.7 Å². The summed E-state index contributed by atoms with van der Waals surface area (Å²) < 4.78 is 5.50. The molecule has 0 spiro atoms. The Labute approximate surface area is 167 Å². The van der Waals surface area contributed by atoms with E-state index >= 15 is 0 Å². The monoisotopic (exact) mass is 388 g/mol. The fraction of sp³-hybridized carbons (Fsp3) is 0.619. The highest BCUT2D eigenvalue weighted by Gasteiger charge is 2.26. The number of ether oxygens (including phenoxy) is 1. The van der Waals surface area contributed by atoms with Crippen LogP contribution in [-0.4, -0.2) is 69.7 Å². The Bertz CT molecular complexity index is 688. The van der Waals surface area contributed by atoms with Crippen molar-refractivity contribution < 1.29 is 14.3 Å². The molecule has 0 unspecified atom stereocenters. The molecule has 154 valence electrons. The number of carbonyl (C=O) groups excluding carboxylic acids is 2. The van der Waals surface area contributed by atoms with E-state index in [0.29, 0.717) is 26.3 Å². The number of hydrogen-bond acceptors (Lipinski definition) is 5. The van der Waals surface area contributed by atoms with Crippen LogP contribution in [0.5, 0.6) is 0 Å². The number of rotatable bonds is 6. The molecular formula is C21H32N4O3. The van der Waals surface area contributed by atoms with Gasteiger partial charge in [0.2, 0.25) is 0 Å². The molecule has 0 radical (unpaired) electrons. The molecule has 0 aromatic heterocycles. The number of hydrogen-bond donors (Lipinski definition) is 2. The van der Waals surface area contributed by atoms with Crippen molar-refractivity contribution in [3.8, 4) is 0 Å². The third kappa shape index (κ3) is 5.02. The van der Waals surface area contributed by atoms with Crippen LogP contribution in [0.25, 0.3) is 0 Å². The molecule has 7 heteroatoms. The van der Waals surface area contributed by atoms with Crippen LogP contribution < -0.4 is 15.5 Å². The van der Waals surface area contributed by atoms with Gasteiger partial charge in [0.15, 0.2) is 0 Å². The van der Waals surface area contributed by atoms with Crippen LogP contribution in [0.15, 0.2) is 18.2 Å². The third-order valence-electron chi connectivity index (χ3n) is 5.52. The Kier molecular flexibility index (Phi) is 7.28. The van der Waals surface area contributed by atoms with Gasteiger partial charge >= 0.3 is 11.8 Å². The average Bonchev–Trinajstić information content (AvgIpc) is 2.73. The van der Waals surface area contributed by atoms with Crippen LogP contribution in [-0.2, 0) is 20.7 Å². The highest BCUT2D eigenvalue weighted by atomic mass is 16.5. The van der Waals surface area contributed by atoms with Crippen LogP contribution in [0, 0.1) is 0 Å². The molecule has 0 bridgehead atoms. The maximum Gasteiger partial charge on any atom is 0.309 e. The summed E-state index contributed by atoms with van der Waals surface area (Å²) in [7, 11) is 2.13. The van der Waals surface area contributed by atoms with Crippen LogP contribution in [0.3, 0.4) is 0 Å². The second-order valence-corrected chi connectivity index (χ2v) is 7.54. The molecule has 1 aromatic carbocycles. The lowest BCUT2D eigenvalue weighted by Crippen LogP contribution is -2.46. The molecule has 7 nitrogen and oxygen atoms in total. The first-order valence-electron chi connectivity index (χ1n) is 10.3. The van der Waals surface area contributed by atoms with Gasteiger partial charge in [-0.1, -0.05) is 19.1 Å². The minimum atomic E-state index is -0.565. The van der Waals surface area contributed by atoms with Gasteiger partial charge in [-0.25, -0.2) is 0 Å². The highest BCUT2D eigenvalue weighted by molar-refractivity contribution is 6.35. The summed E-state index contributed by atoms with van der Waals surface area (Å²) >= 11 is 0. The summed E-state index contributed by atoms with van der Waals surface area (Å²) in [5.41, 5.74) is 3.83. The van der Waals surface area contributed by atoms with Crippen molar-refractivity contribution in [2.75, 3.05) is 57.9 Å². The predicted octanol–water partition coefficient (Wildman–Crippen LogP) is 1.08. The molecule has 2 heterocycles. The molecule has 2 aliphatic heterocycles. The number of nitrogens with zero attached hydrogens (tertiary/aromatic N) is 2. The summed E-state index contributed by atoms with van der Waals surface area (Å²) in [6.07, 6.45) is 3.04. The van der Waals surface area contributed by atoms with Crippen molar-refractivity contribution in [3.05, 3.63) is 29.3 Å². The Morgan fingerprint density at radius 1 is 1.14 bits per heavy atom. The van der Waals surface area contributed by atoms with E-state index in [1.54, 1.807) is 0 Å². The van der Waals surface area contributed by atoms with Crippen molar-refractivity contribution in [1.82, 2.24) is 15.5 Å². The van der Waals surface area contributed by atoms with Gasteiger partial charge in [0.25, 0.3) is 0 Å². The molecule has 0 saturated carbocycles. The number of carbonyl (C=O) groups is 2. The van der Waals surface area contributed by atoms with Crippen molar-refractivity contribution >= 4 is 17.5 Å². The van der Waals surface area contributed by atoms with Gasteiger partial charge in [0, 0.05) is 45.5 Å². The summed E-state index contributed by atoms with van der Waals surface area (Å²) in [6, 6.07) is 6.65. The zero-order valence-electron chi connectivity index (χ0n) is 17.0. The molecule has 28 heavy (non-hydrogen) atoms. The van der Waals surface area contributed by atoms with Crippen LogP contribution in [0.4, 0.5) is 5.69 Å². The number of aryl methyl sites for hydroxylation is 1. The number of nitrogens with one attached hydrogen (secondary N) is 2. The molecule has 2 aliphatic rings. The van der Waals surface area contributed by atoms with E-state index in [9.17, 15) is 9.59 Å². The summed E-state index contributed by atoms with van der Waals surface area (Å²) in [6.45, 7) is 6.98. The largest absolute Gasteiger partial charge is 0.379 e. The van der Waals surface area contributed by atoms with Crippen molar-refractivity contribution in [3.63, 3.8) is 0 Å². The van der Waals surface area contributed by atoms with Gasteiger partial charge < -0.3 is 20.3 Å². The molecule has 1 fully saturated rings. The maximum absolute atomic E-state index is 12.2. The van der Waals surface area contributed by atoms with Gasteiger partial charge in [-0.05, 0) is 36.5 Å². The lowest BCUT2D eigenvalue weighted by atomic mass is 9.95. The summed E-state index contributed by atoms with van der Waals surface area (Å²) in [4.78, 5) is 28.7. The zero-order valence-corrected chi connectivity index (χ0v) is 17.0. The Morgan fingerprint density at radius 2 is 1.89 bits per heavy atom. The minimum absolute atomic E-state index is 0.0318. The lowest BCUT2D eigenvalue weighted by Gasteiger charge is -2.36. The Hall–Kier alpha value is -2.12. The Morgan fingerprint density at radius 3 is 2.64 bits per heavy atom. The minimum Gasteiger partial charge on any atom is -0.379 e. The van der Waals surface area contributed by atoms with Gasteiger partial charge in [0.1, 0.15) is 0 Å². The summed E-state index contributed by atoms with van der Waals surface area (Å²) in [5, 5.41) is 5.46. The Balaban J connectivity index is 1.74. The first-order chi connectivity index (χ1) is 13.6. The third-order valence-corrected chi connectivity index (χ3v) is 5.52. The highest BCUT2D eigenvalue weighted by Crippen LogP contribution is 2.30. The standard InChI is InChI=1S/C21H32N4O3/c1-3-8-22-20(26)21(27)23-15-19(25-10-12-28-13-11-25)17-6-7-18-16(14-17)5-4-9-24(18)2/h6-7,14,19H,3-5,8-13,15H2,1-2H3,(H,22,26)(H,23,27)/t19-/m1/s1. The normalized spacial score (nSPS) is 18.3. The number of morpholine rings is 1. The lowest BCUT2D eigenvalue weighted by molar-refractivity contribution is -0.139. The van der Waals surface area contributed by atoms with Gasteiger partial charge in [-0.15, -0.1) is 0 Å². The first kappa shape index (κ1) is 20.6. The maximum atomic E-state index is 12.2. The zero-order chi connectivity index (χ0) is 19.9. The van der Waals surface area contributed by atoms with E-state index in [-0.39, 0.29) is 6.04 Å². The van der Waals surface area contributed by atoms with Crippen molar-refractivity contribution in [2.45, 2.75) is 32.2 Å². The number of fused-ring (bicyclic) bond motifs is 1. The number of anilines is 1. The smallest absolute Gasteiger partial charge is 0.309 e. The topological polar surface area (TPSA) is 73.9 Å². The molecular weight excluding hydrogens is 356 g/mol. The van der Waals surface area contributed by atoms with E-state index < -0.39 is 11.8 Å². The average molecular weight is 389 g/mol. The quantitative estimate of drug-likeness (QED) is 0.714. The van der Waals surface area contributed by atoms with Gasteiger partial charge in [-0.2, -0.15) is 0 Å². The van der Waals surface area contributed by atoms with Crippen LogP contribution >= 0.6 is 0 Å². The van der Waals surface area contributed by atoms with E-state index in [1.807, 2.05) is 6.92 Å². The van der Waals surface area contributed by atoms with E-state index in [1.165, 1.54) is 16.8 Å². The molecule has 3 rings (SSSR count). The van der Waals surface area contributed by atoms with Crippen molar-refractivity contribution in [2.24, 2.45) is 0 Å². The second-order valence-electron chi connectivity index (χ2n) is 7.54. The first-order valence-corrected chi connectivity index (χ1v) is 10.3. The van der Waals surface area contributed by atoms with Crippen LogP contribution in [0.2, 0.25) is 0 Å². The van der Waals surface area contributed by atoms with E-state index in [4.69, 9.17) is 4.74 Å². The van der Waals surface area contributed by atoms with Gasteiger partial charge in [-0.3, -0.25) is 14.5 Å². The number of amides is 2. The SMILES string of the molecule is CCCNC(=O)C(=O)NC[C@H](c1ccc2c(c1)CCCN2C)N1CCOCC1. The molecule has 2 N–H and O–H groups in total. The molecule has 1 aromatic rings.